The Labute approximate surface area is 140 Å². The predicted molar refractivity (Wildman–Crippen MR) is 92.0 cm³/mol. The second kappa shape index (κ2) is 7.00. The van der Waals surface area contributed by atoms with E-state index in [2.05, 4.69) is 10.3 Å². The number of nitrogens with zero attached hydrogens (tertiary/aromatic N) is 1. The topological polar surface area (TPSA) is 64.4 Å². The van der Waals surface area contributed by atoms with Crippen molar-refractivity contribution in [2.24, 2.45) is 0 Å². The van der Waals surface area contributed by atoms with E-state index in [0.717, 1.165) is 11.3 Å². The maximum Gasteiger partial charge on any atom is 0.230 e. The lowest BCUT2D eigenvalue weighted by molar-refractivity contribution is -0.115. The van der Waals surface area contributed by atoms with E-state index in [1.807, 2.05) is 37.3 Å². The molecule has 0 aliphatic carbocycles. The molecule has 5 nitrogen and oxygen atoms in total. The second-order valence-corrected chi connectivity index (χ2v) is 5.34. The SMILES string of the molecule is COc1ccc(NC(=O)Cc2nc(-c3ccccc3)oc2C)cc1. The normalized spacial score (nSPS) is 10.4. The van der Waals surface area contributed by atoms with Crippen LogP contribution in [0.15, 0.2) is 59.0 Å². The monoisotopic (exact) mass is 322 g/mol. The van der Waals surface area contributed by atoms with E-state index in [1.165, 1.54) is 0 Å². The number of rotatable bonds is 5. The van der Waals surface area contributed by atoms with Gasteiger partial charge in [-0.2, -0.15) is 0 Å². The minimum Gasteiger partial charge on any atom is -0.497 e. The number of aromatic nitrogens is 1. The van der Waals surface area contributed by atoms with Crippen LogP contribution < -0.4 is 10.1 Å². The molecular formula is C19H18N2O3. The molecule has 0 aliphatic heterocycles. The number of nitrogens with one attached hydrogen (secondary N) is 1. The highest BCUT2D eigenvalue weighted by molar-refractivity contribution is 5.92. The van der Waals surface area contributed by atoms with Crippen molar-refractivity contribution in [3.63, 3.8) is 0 Å². The Bertz CT molecular complexity index is 824. The lowest BCUT2D eigenvalue weighted by Crippen LogP contribution is -2.15. The molecule has 0 fully saturated rings. The smallest absolute Gasteiger partial charge is 0.230 e. The third-order valence-corrected chi connectivity index (χ3v) is 3.62. The number of hydrogen-bond donors (Lipinski definition) is 1. The highest BCUT2D eigenvalue weighted by Gasteiger charge is 2.14. The van der Waals surface area contributed by atoms with Gasteiger partial charge in [-0.15, -0.1) is 0 Å². The summed E-state index contributed by atoms with van der Waals surface area (Å²) >= 11 is 0. The molecule has 0 spiro atoms. The Morgan fingerprint density at radius 2 is 1.83 bits per heavy atom. The first kappa shape index (κ1) is 15.8. The van der Waals surface area contributed by atoms with E-state index in [9.17, 15) is 4.79 Å². The first-order valence-electron chi connectivity index (χ1n) is 7.61. The van der Waals surface area contributed by atoms with Crippen LogP contribution in [0.25, 0.3) is 11.5 Å². The van der Waals surface area contributed by atoms with Gasteiger partial charge < -0.3 is 14.5 Å². The number of oxazole rings is 1. The van der Waals surface area contributed by atoms with Crippen molar-refractivity contribution in [1.82, 2.24) is 4.98 Å². The molecule has 0 unspecified atom stereocenters. The van der Waals surface area contributed by atoms with Crippen LogP contribution in [0.1, 0.15) is 11.5 Å². The summed E-state index contributed by atoms with van der Waals surface area (Å²) < 4.78 is 10.8. The standard InChI is InChI=1S/C19H18N2O3/c1-13-17(21-19(24-13)14-6-4-3-5-7-14)12-18(22)20-15-8-10-16(23-2)11-9-15/h3-11H,12H2,1-2H3,(H,20,22). The van der Waals surface area contributed by atoms with Gasteiger partial charge >= 0.3 is 0 Å². The van der Waals surface area contributed by atoms with Crippen molar-refractivity contribution in [2.75, 3.05) is 12.4 Å². The number of carbonyl (C=O) groups excluding carboxylic acids is 1. The Balaban J connectivity index is 1.69. The molecule has 0 bridgehead atoms. The third kappa shape index (κ3) is 3.63. The van der Waals surface area contributed by atoms with Crippen LogP contribution >= 0.6 is 0 Å². The van der Waals surface area contributed by atoms with Crippen molar-refractivity contribution in [3.05, 3.63) is 66.1 Å². The molecule has 0 aliphatic rings. The number of hydrogen-bond acceptors (Lipinski definition) is 4. The van der Waals surface area contributed by atoms with Crippen LogP contribution in [0.3, 0.4) is 0 Å². The van der Waals surface area contributed by atoms with E-state index in [1.54, 1.807) is 31.4 Å². The van der Waals surface area contributed by atoms with Gasteiger partial charge in [-0.25, -0.2) is 4.98 Å². The maximum atomic E-state index is 12.2. The van der Waals surface area contributed by atoms with E-state index in [4.69, 9.17) is 9.15 Å². The summed E-state index contributed by atoms with van der Waals surface area (Å²) in [5.41, 5.74) is 2.24. The highest BCUT2D eigenvalue weighted by atomic mass is 16.5. The zero-order valence-corrected chi connectivity index (χ0v) is 13.6. The third-order valence-electron chi connectivity index (χ3n) is 3.62. The Hall–Kier alpha value is -3.08. The average Bonchev–Trinajstić information content (AvgIpc) is 2.97. The van der Waals surface area contributed by atoms with Crippen LogP contribution in [-0.4, -0.2) is 18.0 Å². The van der Waals surface area contributed by atoms with Crippen molar-refractivity contribution in [1.29, 1.82) is 0 Å². The summed E-state index contributed by atoms with van der Waals surface area (Å²) in [6.07, 6.45) is 0.161. The number of carbonyl (C=O) groups is 1. The van der Waals surface area contributed by atoms with Gasteiger partial charge in [0.05, 0.1) is 19.2 Å². The zero-order chi connectivity index (χ0) is 16.9. The van der Waals surface area contributed by atoms with Crippen molar-refractivity contribution >= 4 is 11.6 Å². The van der Waals surface area contributed by atoms with Crippen molar-refractivity contribution in [3.8, 4) is 17.2 Å². The van der Waals surface area contributed by atoms with Gasteiger partial charge in [-0.3, -0.25) is 4.79 Å². The molecule has 1 N–H and O–H groups in total. The number of methoxy groups -OCH3 is 1. The van der Waals surface area contributed by atoms with Crippen LogP contribution in [0.4, 0.5) is 5.69 Å². The van der Waals surface area contributed by atoms with E-state index >= 15 is 0 Å². The molecular weight excluding hydrogens is 304 g/mol. The van der Waals surface area contributed by atoms with Gasteiger partial charge in [-0.1, -0.05) is 18.2 Å². The van der Waals surface area contributed by atoms with Crippen LogP contribution in [0.2, 0.25) is 0 Å². The van der Waals surface area contributed by atoms with Gasteiger partial charge in [0, 0.05) is 11.3 Å². The predicted octanol–water partition coefficient (Wildman–Crippen LogP) is 3.84. The van der Waals surface area contributed by atoms with Crippen LogP contribution in [-0.2, 0) is 11.2 Å². The molecule has 1 amide bonds. The van der Waals surface area contributed by atoms with Gasteiger partial charge in [0.2, 0.25) is 11.8 Å². The lowest BCUT2D eigenvalue weighted by Gasteiger charge is -2.05. The Morgan fingerprint density at radius 3 is 2.50 bits per heavy atom. The minimum absolute atomic E-state index is 0.142. The summed E-state index contributed by atoms with van der Waals surface area (Å²) in [6, 6.07) is 16.8. The summed E-state index contributed by atoms with van der Waals surface area (Å²) in [7, 11) is 1.60. The molecule has 3 aromatic rings. The highest BCUT2D eigenvalue weighted by Crippen LogP contribution is 2.22. The lowest BCUT2D eigenvalue weighted by atomic mass is 10.2. The molecule has 1 aromatic heterocycles. The molecule has 2 aromatic carbocycles. The minimum atomic E-state index is -0.142. The summed E-state index contributed by atoms with van der Waals surface area (Å²) in [5, 5.41) is 2.84. The molecule has 0 atom stereocenters. The van der Waals surface area contributed by atoms with Gasteiger partial charge in [0.1, 0.15) is 11.5 Å². The van der Waals surface area contributed by atoms with Crippen molar-refractivity contribution < 1.29 is 13.9 Å². The largest absolute Gasteiger partial charge is 0.497 e. The van der Waals surface area contributed by atoms with Gasteiger partial charge in [0.15, 0.2) is 0 Å². The Morgan fingerprint density at radius 1 is 1.12 bits per heavy atom. The quantitative estimate of drug-likeness (QED) is 0.775. The summed E-state index contributed by atoms with van der Waals surface area (Å²) in [5.74, 6) is 1.78. The summed E-state index contributed by atoms with van der Waals surface area (Å²) in [4.78, 5) is 16.7. The average molecular weight is 322 g/mol. The van der Waals surface area contributed by atoms with Crippen LogP contribution in [0, 0.1) is 6.92 Å². The first-order valence-corrected chi connectivity index (χ1v) is 7.61. The van der Waals surface area contributed by atoms with Gasteiger partial charge in [-0.05, 0) is 43.3 Å². The molecule has 1 heterocycles. The maximum absolute atomic E-state index is 12.2. The van der Waals surface area contributed by atoms with E-state index < -0.39 is 0 Å². The molecule has 24 heavy (non-hydrogen) atoms. The Kier molecular flexibility index (Phi) is 4.61. The number of anilines is 1. The van der Waals surface area contributed by atoms with Gasteiger partial charge in [0.25, 0.3) is 0 Å². The van der Waals surface area contributed by atoms with E-state index in [0.29, 0.717) is 23.0 Å². The molecule has 5 heteroatoms. The number of amides is 1. The number of aryl methyl sites for hydroxylation is 1. The van der Waals surface area contributed by atoms with Crippen molar-refractivity contribution in [2.45, 2.75) is 13.3 Å². The number of ether oxygens (including phenoxy) is 1. The summed E-state index contributed by atoms with van der Waals surface area (Å²) in [6.45, 7) is 1.81. The molecule has 3 rings (SSSR count). The first-order chi connectivity index (χ1) is 11.7. The second-order valence-electron chi connectivity index (χ2n) is 5.34. The number of benzene rings is 2. The molecule has 0 saturated carbocycles. The fourth-order valence-electron chi connectivity index (χ4n) is 2.33. The fourth-order valence-corrected chi connectivity index (χ4v) is 2.33. The molecule has 0 radical (unpaired) electrons. The fraction of sp³-hybridized carbons (Fsp3) is 0.158. The van der Waals surface area contributed by atoms with E-state index in [-0.39, 0.29) is 12.3 Å². The molecule has 122 valence electrons. The van der Waals surface area contributed by atoms with Crippen LogP contribution in [0.5, 0.6) is 5.75 Å². The molecule has 0 saturated heterocycles. The zero-order valence-electron chi connectivity index (χ0n) is 13.6.